The van der Waals surface area contributed by atoms with Crippen molar-refractivity contribution in [3.8, 4) is 0 Å². The largest absolute Gasteiger partial charge is 0.351 e. The van der Waals surface area contributed by atoms with Crippen LogP contribution in [-0.4, -0.2) is 24.0 Å². The van der Waals surface area contributed by atoms with Gasteiger partial charge in [0.1, 0.15) is 12.1 Å². The number of fused-ring (bicyclic) bond motifs is 1. The fourth-order valence-electron chi connectivity index (χ4n) is 2.74. The minimum atomic E-state index is -0.0655. The monoisotopic (exact) mass is 244 g/mol. The molecular weight excluding hydrogens is 226 g/mol. The highest BCUT2D eigenvalue weighted by Gasteiger charge is 2.36. The quantitative estimate of drug-likeness (QED) is 0.639. The van der Waals surface area contributed by atoms with Crippen LogP contribution < -0.4 is 15.6 Å². The maximum absolute atomic E-state index is 12.0. The Hall–Kier alpha value is -1.84. The number of carbonyl (C=O) groups is 1. The zero-order valence-electron chi connectivity index (χ0n) is 10.3. The molecule has 0 aromatic heterocycles. The molecule has 0 saturated heterocycles. The minimum absolute atomic E-state index is 0.0655. The van der Waals surface area contributed by atoms with E-state index in [1.807, 2.05) is 30.3 Å². The second-order valence-electron chi connectivity index (χ2n) is 4.98. The van der Waals surface area contributed by atoms with Crippen LogP contribution in [0.1, 0.15) is 36.0 Å². The molecule has 4 nitrogen and oxygen atoms in total. The smallest absolute Gasteiger partial charge is 0.271 e. The number of nitrogens with one attached hydrogen (secondary N) is 3. The number of rotatable bonds is 1. The summed E-state index contributed by atoms with van der Waals surface area (Å²) in [5, 5.41) is 6.27. The fraction of sp³-hybridized carbons (Fsp3) is 0.429. The highest BCUT2D eigenvalue weighted by molar-refractivity contribution is 6.04. The van der Waals surface area contributed by atoms with Crippen LogP contribution in [0, 0.1) is 0 Å². The molecule has 2 aliphatic rings. The summed E-state index contributed by atoms with van der Waals surface area (Å²) in [6.07, 6.45) is 4.91. The molecule has 1 fully saturated rings. The predicted molar refractivity (Wildman–Crippen MR) is 69.1 cm³/mol. The standard InChI is InChI=1S/C14H17N3O/c18-13(10-6-2-1-3-7-10)17-14-15-11-8-4-5-9-12(11)16-14/h1-3,6-7,11-12H,4-5,8-9H2,(H2,15,16,17,18)/p+1/t11-,12-/m0/s1. The van der Waals surface area contributed by atoms with Crippen molar-refractivity contribution in [1.82, 2.24) is 10.6 Å². The van der Waals surface area contributed by atoms with E-state index in [1.165, 1.54) is 25.7 Å². The van der Waals surface area contributed by atoms with E-state index < -0.39 is 0 Å². The lowest BCUT2D eigenvalue weighted by Crippen LogP contribution is -2.80. The SMILES string of the molecule is O=C(NC1=[NH+][C@H]2CCCC[C@@H]2N1)c1ccccc1. The van der Waals surface area contributed by atoms with Crippen LogP contribution >= 0.6 is 0 Å². The summed E-state index contributed by atoms with van der Waals surface area (Å²) in [6.45, 7) is 0. The first kappa shape index (κ1) is 11.3. The zero-order chi connectivity index (χ0) is 12.4. The van der Waals surface area contributed by atoms with Gasteiger partial charge in [-0.1, -0.05) is 18.2 Å². The Balaban J connectivity index is 1.65. The van der Waals surface area contributed by atoms with Gasteiger partial charge in [0.15, 0.2) is 0 Å². The van der Waals surface area contributed by atoms with Gasteiger partial charge < -0.3 is 0 Å². The average molecular weight is 244 g/mol. The number of carbonyl (C=O) groups excluding carboxylic acids is 1. The molecule has 1 saturated carbocycles. The summed E-state index contributed by atoms with van der Waals surface area (Å²) in [4.78, 5) is 15.4. The molecule has 1 aliphatic heterocycles. The Morgan fingerprint density at radius 1 is 1.22 bits per heavy atom. The third-order valence-corrected chi connectivity index (χ3v) is 3.70. The van der Waals surface area contributed by atoms with Crippen molar-refractivity contribution in [3.05, 3.63) is 35.9 Å². The predicted octanol–water partition coefficient (Wildman–Crippen LogP) is -0.233. The fourth-order valence-corrected chi connectivity index (χ4v) is 2.74. The normalized spacial score (nSPS) is 25.9. The molecule has 94 valence electrons. The third-order valence-electron chi connectivity index (χ3n) is 3.70. The van der Waals surface area contributed by atoms with Crippen molar-refractivity contribution >= 4 is 11.9 Å². The van der Waals surface area contributed by atoms with Gasteiger partial charge in [-0.15, -0.1) is 0 Å². The molecule has 0 radical (unpaired) electrons. The van der Waals surface area contributed by atoms with Crippen LogP contribution in [0.2, 0.25) is 0 Å². The van der Waals surface area contributed by atoms with Crippen LogP contribution in [0.25, 0.3) is 0 Å². The molecule has 0 unspecified atom stereocenters. The molecule has 0 spiro atoms. The maximum atomic E-state index is 12.0. The van der Waals surface area contributed by atoms with Crippen LogP contribution in [-0.2, 0) is 0 Å². The molecule has 3 rings (SSSR count). The van der Waals surface area contributed by atoms with Crippen molar-refractivity contribution < 1.29 is 9.79 Å². The summed E-state index contributed by atoms with van der Waals surface area (Å²) in [6, 6.07) is 10.2. The van der Waals surface area contributed by atoms with Gasteiger partial charge in [0, 0.05) is 0 Å². The van der Waals surface area contributed by atoms with Crippen LogP contribution in [0.5, 0.6) is 0 Å². The molecule has 1 aliphatic carbocycles. The van der Waals surface area contributed by atoms with Crippen molar-refractivity contribution in [3.63, 3.8) is 0 Å². The number of benzene rings is 1. The molecule has 3 N–H and O–H groups in total. The van der Waals surface area contributed by atoms with Gasteiger partial charge in [-0.05, 0) is 37.8 Å². The third kappa shape index (κ3) is 2.23. The maximum Gasteiger partial charge on any atom is 0.351 e. The van der Waals surface area contributed by atoms with Gasteiger partial charge in [-0.2, -0.15) is 0 Å². The Kier molecular flexibility index (Phi) is 3.00. The highest BCUT2D eigenvalue weighted by Crippen LogP contribution is 2.16. The summed E-state index contributed by atoms with van der Waals surface area (Å²) >= 11 is 0. The van der Waals surface area contributed by atoms with E-state index in [-0.39, 0.29) is 5.91 Å². The molecule has 1 aromatic carbocycles. The topological polar surface area (TPSA) is 55.1 Å². The zero-order valence-corrected chi connectivity index (χ0v) is 10.3. The van der Waals surface area contributed by atoms with Crippen LogP contribution in [0.3, 0.4) is 0 Å². The van der Waals surface area contributed by atoms with E-state index in [4.69, 9.17) is 0 Å². The molecule has 4 heteroatoms. The van der Waals surface area contributed by atoms with Crippen LogP contribution in [0.15, 0.2) is 30.3 Å². The highest BCUT2D eigenvalue weighted by atomic mass is 16.1. The molecular formula is C14H18N3O+. The van der Waals surface area contributed by atoms with E-state index in [2.05, 4.69) is 15.6 Å². The number of hydrogen-bond donors (Lipinski definition) is 3. The van der Waals surface area contributed by atoms with Gasteiger partial charge in [0.25, 0.3) is 0 Å². The minimum Gasteiger partial charge on any atom is -0.271 e. The average Bonchev–Trinajstić information content (AvgIpc) is 2.82. The Labute approximate surface area is 106 Å². The summed E-state index contributed by atoms with van der Waals surface area (Å²) in [5.74, 6) is 0.699. The molecule has 0 bridgehead atoms. The van der Waals surface area contributed by atoms with E-state index in [1.54, 1.807) is 0 Å². The van der Waals surface area contributed by atoms with E-state index in [0.29, 0.717) is 17.6 Å². The van der Waals surface area contributed by atoms with Gasteiger partial charge in [0.2, 0.25) is 0 Å². The Morgan fingerprint density at radius 2 is 2.00 bits per heavy atom. The number of hydrogen-bond acceptors (Lipinski definition) is 2. The molecule has 1 heterocycles. The number of amides is 1. The van der Waals surface area contributed by atoms with Crippen molar-refractivity contribution in [1.29, 1.82) is 0 Å². The molecule has 2 atom stereocenters. The summed E-state index contributed by atoms with van der Waals surface area (Å²) in [5.41, 5.74) is 0.684. The molecule has 1 amide bonds. The van der Waals surface area contributed by atoms with Gasteiger partial charge in [-0.25, -0.2) is 5.32 Å². The van der Waals surface area contributed by atoms with E-state index in [9.17, 15) is 4.79 Å². The molecule has 1 aromatic rings. The first-order valence-corrected chi connectivity index (χ1v) is 6.59. The number of guanidine groups is 1. The van der Waals surface area contributed by atoms with Gasteiger partial charge in [-0.3, -0.25) is 15.1 Å². The Morgan fingerprint density at radius 3 is 2.78 bits per heavy atom. The van der Waals surface area contributed by atoms with Gasteiger partial charge >= 0.3 is 11.9 Å². The van der Waals surface area contributed by atoms with E-state index in [0.717, 1.165) is 5.96 Å². The first-order chi connectivity index (χ1) is 8.83. The van der Waals surface area contributed by atoms with Crippen molar-refractivity contribution in [2.45, 2.75) is 37.8 Å². The lowest BCUT2D eigenvalue weighted by molar-refractivity contribution is -0.500. The summed E-state index contributed by atoms with van der Waals surface area (Å²) < 4.78 is 0. The van der Waals surface area contributed by atoms with Gasteiger partial charge in [0.05, 0.1) is 5.56 Å². The van der Waals surface area contributed by atoms with Crippen molar-refractivity contribution in [2.24, 2.45) is 0 Å². The van der Waals surface area contributed by atoms with Crippen molar-refractivity contribution in [2.75, 3.05) is 0 Å². The lowest BCUT2D eigenvalue weighted by Gasteiger charge is -2.19. The first-order valence-electron chi connectivity index (χ1n) is 6.59. The van der Waals surface area contributed by atoms with E-state index >= 15 is 0 Å². The Bertz CT molecular complexity index is 469. The van der Waals surface area contributed by atoms with Crippen LogP contribution in [0.4, 0.5) is 0 Å². The second-order valence-corrected chi connectivity index (χ2v) is 4.98. The second kappa shape index (κ2) is 4.80. The molecule has 18 heavy (non-hydrogen) atoms. The lowest BCUT2D eigenvalue weighted by atomic mass is 9.92. The summed E-state index contributed by atoms with van der Waals surface area (Å²) in [7, 11) is 0.